The Morgan fingerprint density at radius 1 is 1.30 bits per heavy atom. The molecule has 0 aliphatic carbocycles. The van der Waals surface area contributed by atoms with E-state index in [1.807, 2.05) is 41.3 Å². The summed E-state index contributed by atoms with van der Waals surface area (Å²) in [5.41, 5.74) is 0.868. The van der Waals surface area contributed by atoms with Crippen LogP contribution in [0, 0.1) is 5.92 Å². The van der Waals surface area contributed by atoms with Crippen molar-refractivity contribution in [3.8, 4) is 11.3 Å². The fourth-order valence-electron chi connectivity index (χ4n) is 2.34. The molecule has 2 aromatic rings. The van der Waals surface area contributed by atoms with Crippen LogP contribution in [0.4, 0.5) is 0 Å². The molecule has 1 aliphatic rings. The zero-order chi connectivity index (χ0) is 14.1. The van der Waals surface area contributed by atoms with E-state index in [4.69, 9.17) is 21.1 Å². The molecule has 104 valence electrons. The van der Waals surface area contributed by atoms with E-state index in [2.05, 4.69) is 0 Å². The summed E-state index contributed by atoms with van der Waals surface area (Å²) in [5, 5.41) is 9.49. The summed E-state index contributed by atoms with van der Waals surface area (Å²) >= 11 is 6.13. The average molecular weight is 292 g/mol. The van der Waals surface area contributed by atoms with E-state index in [0.717, 1.165) is 17.1 Å². The fraction of sp³-hybridized carbons (Fsp3) is 0.267. The van der Waals surface area contributed by atoms with E-state index in [-0.39, 0.29) is 5.92 Å². The molecule has 0 bridgehead atoms. The first-order chi connectivity index (χ1) is 9.63. The van der Waals surface area contributed by atoms with Gasteiger partial charge in [-0.1, -0.05) is 23.7 Å². The Morgan fingerprint density at radius 2 is 2.05 bits per heavy atom. The Kier molecular flexibility index (Phi) is 3.51. The SMILES string of the molecule is O=C(O)C1CN(Cc2ccc(-c3ccccc3Cl)o2)C1. The van der Waals surface area contributed by atoms with Crippen molar-refractivity contribution in [2.24, 2.45) is 5.92 Å². The Balaban J connectivity index is 1.66. The lowest BCUT2D eigenvalue weighted by Gasteiger charge is -2.35. The first kappa shape index (κ1) is 13.2. The largest absolute Gasteiger partial charge is 0.481 e. The molecule has 20 heavy (non-hydrogen) atoms. The second-order valence-corrected chi connectivity index (χ2v) is 5.38. The molecule has 2 heterocycles. The quantitative estimate of drug-likeness (QED) is 0.940. The summed E-state index contributed by atoms with van der Waals surface area (Å²) in [5.74, 6) is 0.593. The molecule has 4 nitrogen and oxygen atoms in total. The van der Waals surface area contributed by atoms with Crippen molar-refractivity contribution in [3.05, 3.63) is 47.2 Å². The average Bonchev–Trinajstić information content (AvgIpc) is 2.81. The molecule has 0 spiro atoms. The summed E-state index contributed by atoms with van der Waals surface area (Å²) in [6.45, 7) is 1.79. The van der Waals surface area contributed by atoms with Crippen LogP contribution in [0.2, 0.25) is 5.02 Å². The third kappa shape index (κ3) is 2.57. The molecule has 1 aromatic heterocycles. The number of carbonyl (C=O) groups is 1. The number of halogens is 1. The van der Waals surface area contributed by atoms with Gasteiger partial charge in [-0.3, -0.25) is 9.69 Å². The summed E-state index contributed by atoms with van der Waals surface area (Å²) in [7, 11) is 0. The van der Waals surface area contributed by atoms with Crippen molar-refractivity contribution >= 4 is 17.6 Å². The highest BCUT2D eigenvalue weighted by atomic mass is 35.5. The molecule has 1 N–H and O–H groups in total. The van der Waals surface area contributed by atoms with Crippen LogP contribution >= 0.6 is 11.6 Å². The zero-order valence-corrected chi connectivity index (χ0v) is 11.5. The topological polar surface area (TPSA) is 53.7 Å². The van der Waals surface area contributed by atoms with E-state index < -0.39 is 5.97 Å². The van der Waals surface area contributed by atoms with Gasteiger partial charge in [0, 0.05) is 18.7 Å². The third-order valence-electron chi connectivity index (χ3n) is 3.49. The molecule has 0 radical (unpaired) electrons. The highest BCUT2D eigenvalue weighted by Gasteiger charge is 2.32. The maximum atomic E-state index is 10.7. The number of likely N-dealkylation sites (tertiary alicyclic amines) is 1. The molecule has 0 unspecified atom stereocenters. The highest BCUT2D eigenvalue weighted by molar-refractivity contribution is 6.33. The van der Waals surface area contributed by atoms with Gasteiger partial charge < -0.3 is 9.52 Å². The maximum Gasteiger partial charge on any atom is 0.309 e. The second-order valence-electron chi connectivity index (χ2n) is 4.98. The Hall–Kier alpha value is -1.78. The molecular formula is C15H14ClNO3. The van der Waals surface area contributed by atoms with E-state index >= 15 is 0 Å². The lowest BCUT2D eigenvalue weighted by Crippen LogP contribution is -2.49. The van der Waals surface area contributed by atoms with Crippen LogP contribution < -0.4 is 0 Å². The van der Waals surface area contributed by atoms with Crippen LogP contribution in [0.1, 0.15) is 5.76 Å². The van der Waals surface area contributed by atoms with Crippen molar-refractivity contribution in [3.63, 3.8) is 0 Å². The highest BCUT2D eigenvalue weighted by Crippen LogP contribution is 2.30. The zero-order valence-electron chi connectivity index (χ0n) is 10.8. The summed E-state index contributed by atoms with van der Waals surface area (Å²) in [6, 6.07) is 11.3. The Morgan fingerprint density at radius 3 is 2.75 bits per heavy atom. The predicted molar refractivity (Wildman–Crippen MR) is 75.6 cm³/mol. The van der Waals surface area contributed by atoms with Gasteiger partial charge in [0.1, 0.15) is 11.5 Å². The number of carboxylic acids is 1. The minimum atomic E-state index is -0.725. The van der Waals surface area contributed by atoms with Crippen LogP contribution in [0.3, 0.4) is 0 Å². The molecule has 1 aliphatic heterocycles. The molecule has 0 saturated carbocycles. The van der Waals surface area contributed by atoms with Gasteiger partial charge >= 0.3 is 5.97 Å². The molecule has 1 saturated heterocycles. The van der Waals surface area contributed by atoms with Gasteiger partial charge in [0.05, 0.1) is 17.5 Å². The summed E-state index contributed by atoms with van der Waals surface area (Å²) in [4.78, 5) is 12.8. The lowest BCUT2D eigenvalue weighted by atomic mass is 10.0. The molecular weight excluding hydrogens is 278 g/mol. The number of benzene rings is 1. The molecule has 0 amide bonds. The van der Waals surface area contributed by atoms with E-state index in [1.54, 1.807) is 0 Å². The number of aliphatic carboxylic acids is 1. The van der Waals surface area contributed by atoms with Gasteiger partial charge in [-0.05, 0) is 24.3 Å². The van der Waals surface area contributed by atoms with E-state index in [1.165, 1.54) is 0 Å². The van der Waals surface area contributed by atoms with Crippen molar-refractivity contribution < 1.29 is 14.3 Å². The predicted octanol–water partition coefficient (Wildman–Crippen LogP) is 3.12. The first-order valence-corrected chi connectivity index (χ1v) is 6.80. The van der Waals surface area contributed by atoms with Gasteiger partial charge in [-0.25, -0.2) is 0 Å². The van der Waals surface area contributed by atoms with Gasteiger partial charge in [-0.2, -0.15) is 0 Å². The number of carboxylic acid groups (broad SMARTS) is 1. The summed E-state index contributed by atoms with van der Waals surface area (Å²) < 4.78 is 5.78. The maximum absolute atomic E-state index is 10.7. The van der Waals surface area contributed by atoms with Crippen molar-refractivity contribution in [1.29, 1.82) is 0 Å². The van der Waals surface area contributed by atoms with Crippen LogP contribution in [0.25, 0.3) is 11.3 Å². The number of hydrogen-bond donors (Lipinski definition) is 1. The summed E-state index contributed by atoms with van der Waals surface area (Å²) in [6.07, 6.45) is 0. The lowest BCUT2D eigenvalue weighted by molar-refractivity contribution is -0.147. The first-order valence-electron chi connectivity index (χ1n) is 6.42. The van der Waals surface area contributed by atoms with Gasteiger partial charge in [0.2, 0.25) is 0 Å². The number of nitrogens with zero attached hydrogens (tertiary/aromatic N) is 1. The van der Waals surface area contributed by atoms with Crippen molar-refractivity contribution in [2.45, 2.75) is 6.54 Å². The van der Waals surface area contributed by atoms with E-state index in [9.17, 15) is 4.79 Å². The molecule has 1 aromatic carbocycles. The number of hydrogen-bond acceptors (Lipinski definition) is 3. The van der Waals surface area contributed by atoms with Crippen molar-refractivity contribution in [1.82, 2.24) is 4.90 Å². The molecule has 5 heteroatoms. The van der Waals surface area contributed by atoms with Crippen LogP contribution in [0.5, 0.6) is 0 Å². The van der Waals surface area contributed by atoms with Gasteiger partial charge in [-0.15, -0.1) is 0 Å². The number of rotatable bonds is 4. The second kappa shape index (κ2) is 5.31. The molecule has 0 atom stereocenters. The third-order valence-corrected chi connectivity index (χ3v) is 3.82. The van der Waals surface area contributed by atoms with E-state index in [0.29, 0.717) is 24.7 Å². The van der Waals surface area contributed by atoms with Crippen LogP contribution in [-0.2, 0) is 11.3 Å². The minimum absolute atomic E-state index is 0.243. The normalized spacial score (nSPS) is 16.1. The monoisotopic (exact) mass is 291 g/mol. The van der Waals surface area contributed by atoms with Gasteiger partial charge in [0.15, 0.2) is 0 Å². The number of furan rings is 1. The van der Waals surface area contributed by atoms with Gasteiger partial charge in [0.25, 0.3) is 0 Å². The van der Waals surface area contributed by atoms with Crippen LogP contribution in [-0.4, -0.2) is 29.1 Å². The van der Waals surface area contributed by atoms with Crippen LogP contribution in [0.15, 0.2) is 40.8 Å². The molecule has 1 fully saturated rings. The Labute approximate surface area is 121 Å². The fourth-order valence-corrected chi connectivity index (χ4v) is 2.57. The standard InChI is InChI=1S/C15H14ClNO3/c16-13-4-2-1-3-12(13)14-6-5-11(20-14)9-17-7-10(8-17)15(18)19/h1-6,10H,7-9H2,(H,18,19). The Bertz CT molecular complexity index is 632. The minimum Gasteiger partial charge on any atom is -0.481 e. The van der Waals surface area contributed by atoms with Crippen molar-refractivity contribution in [2.75, 3.05) is 13.1 Å². The smallest absolute Gasteiger partial charge is 0.309 e. The molecule has 3 rings (SSSR count).